The van der Waals surface area contributed by atoms with Crippen LogP contribution in [0.1, 0.15) is 32.1 Å². The normalized spacial score (nSPS) is 25.2. The number of anilines is 3. The van der Waals surface area contributed by atoms with E-state index in [1.165, 1.54) is 12.8 Å². The molecular weight excluding hydrogens is 286 g/mol. The first-order chi connectivity index (χ1) is 10.2. The molecule has 2 aliphatic carbocycles. The molecule has 3 rings (SSSR count). The highest BCUT2D eigenvalue weighted by atomic mass is 32.2. The Bertz CT molecular complexity index is 508. The molecule has 2 aliphatic rings. The predicted octanol–water partition coefficient (Wildman–Crippen LogP) is 2.12. The summed E-state index contributed by atoms with van der Waals surface area (Å²) in [5, 5.41) is 4.13. The highest BCUT2D eigenvalue weighted by Crippen LogP contribution is 2.35. The van der Waals surface area contributed by atoms with Crippen molar-refractivity contribution in [3.05, 3.63) is 0 Å². The smallest absolute Gasteiger partial charge is 0.191 e. The number of nitrogens with two attached hydrogens (primary N) is 2. The Morgan fingerprint density at radius 1 is 1.24 bits per heavy atom. The molecule has 0 amide bonds. The summed E-state index contributed by atoms with van der Waals surface area (Å²) in [6, 6.07) is 0.341. The Morgan fingerprint density at radius 2 is 2.05 bits per heavy atom. The van der Waals surface area contributed by atoms with Crippen LogP contribution in [0.15, 0.2) is 5.16 Å². The highest BCUT2D eigenvalue weighted by molar-refractivity contribution is 7.99. The van der Waals surface area contributed by atoms with Gasteiger partial charge in [-0.05, 0) is 38.0 Å². The van der Waals surface area contributed by atoms with Gasteiger partial charge in [-0.1, -0.05) is 11.8 Å². The molecule has 0 bridgehead atoms. The highest BCUT2D eigenvalue weighted by Gasteiger charge is 2.26. The minimum atomic E-state index is 0.326. The quantitative estimate of drug-likeness (QED) is 0.547. The fourth-order valence-electron chi connectivity index (χ4n) is 2.60. The van der Waals surface area contributed by atoms with Crippen LogP contribution in [0.4, 0.5) is 17.3 Å². The zero-order chi connectivity index (χ0) is 14.8. The summed E-state index contributed by atoms with van der Waals surface area (Å²) in [7, 11) is 1.76. The summed E-state index contributed by atoms with van der Waals surface area (Å²) in [6.45, 7) is 0. The van der Waals surface area contributed by atoms with E-state index in [0.29, 0.717) is 29.5 Å². The van der Waals surface area contributed by atoms with Gasteiger partial charge in [0.1, 0.15) is 5.69 Å². The van der Waals surface area contributed by atoms with Gasteiger partial charge < -0.3 is 21.5 Å². The molecule has 0 spiro atoms. The van der Waals surface area contributed by atoms with E-state index in [9.17, 15) is 0 Å². The molecule has 2 unspecified atom stereocenters. The Hall–Kier alpha value is -1.21. The number of nitrogens with one attached hydrogen (secondary N) is 1. The van der Waals surface area contributed by atoms with Gasteiger partial charge in [-0.25, -0.2) is 9.97 Å². The molecule has 2 fully saturated rings. The first-order valence-electron chi connectivity index (χ1n) is 7.50. The van der Waals surface area contributed by atoms with Crippen LogP contribution in [0.25, 0.3) is 0 Å². The zero-order valence-corrected chi connectivity index (χ0v) is 13.2. The Morgan fingerprint density at radius 3 is 2.71 bits per heavy atom. The summed E-state index contributed by atoms with van der Waals surface area (Å²) in [4.78, 5) is 8.82. The first kappa shape index (κ1) is 14.7. The maximum atomic E-state index is 6.01. The van der Waals surface area contributed by atoms with E-state index >= 15 is 0 Å². The number of thioether (sulfide) groups is 1. The van der Waals surface area contributed by atoms with Gasteiger partial charge in [0.25, 0.3) is 0 Å². The lowest BCUT2D eigenvalue weighted by Crippen LogP contribution is -2.20. The maximum absolute atomic E-state index is 6.01. The number of methoxy groups -OCH3 is 1. The lowest BCUT2D eigenvalue weighted by atomic mass is 10.2. The van der Waals surface area contributed by atoms with Crippen molar-refractivity contribution in [2.45, 2.75) is 49.4 Å². The van der Waals surface area contributed by atoms with Gasteiger partial charge in [-0.15, -0.1) is 0 Å². The molecule has 5 N–H and O–H groups in total. The number of ether oxygens (including phenoxy) is 1. The molecule has 0 aromatic carbocycles. The van der Waals surface area contributed by atoms with Crippen molar-refractivity contribution >= 4 is 29.1 Å². The Kier molecular flexibility index (Phi) is 4.40. The van der Waals surface area contributed by atoms with E-state index in [1.807, 2.05) is 0 Å². The molecular formula is C14H23N5OS. The lowest BCUT2D eigenvalue weighted by Gasteiger charge is -2.16. The molecule has 1 aromatic heterocycles. The van der Waals surface area contributed by atoms with E-state index < -0.39 is 0 Å². The maximum Gasteiger partial charge on any atom is 0.191 e. The fraction of sp³-hybridized carbons (Fsp3) is 0.714. The van der Waals surface area contributed by atoms with Gasteiger partial charge in [0.2, 0.25) is 0 Å². The standard InChI is InChI=1S/C14H23N5OS/c1-20-10-5-4-9(6-10)17-13-11(15)12(16)18-14(19-13)21-7-8-2-3-8/h8-10H,2-7,15H2,1H3,(H3,16,17,18,19). The van der Waals surface area contributed by atoms with E-state index in [-0.39, 0.29) is 0 Å². The van der Waals surface area contributed by atoms with Crippen molar-refractivity contribution in [3.63, 3.8) is 0 Å². The van der Waals surface area contributed by atoms with Crippen LogP contribution in [0.2, 0.25) is 0 Å². The third kappa shape index (κ3) is 3.71. The van der Waals surface area contributed by atoms with Gasteiger partial charge in [0.15, 0.2) is 16.8 Å². The second-order valence-electron chi connectivity index (χ2n) is 5.92. The minimum Gasteiger partial charge on any atom is -0.393 e. The monoisotopic (exact) mass is 309 g/mol. The molecule has 2 atom stereocenters. The fourth-order valence-corrected chi connectivity index (χ4v) is 3.63. The molecule has 2 saturated carbocycles. The molecule has 1 aromatic rings. The minimum absolute atomic E-state index is 0.326. The molecule has 6 nitrogen and oxygen atoms in total. The topological polar surface area (TPSA) is 99.1 Å². The van der Waals surface area contributed by atoms with Crippen molar-refractivity contribution in [1.29, 1.82) is 0 Å². The molecule has 1 heterocycles. The van der Waals surface area contributed by atoms with Gasteiger partial charge in [0, 0.05) is 18.9 Å². The van der Waals surface area contributed by atoms with E-state index in [4.69, 9.17) is 16.2 Å². The third-order valence-electron chi connectivity index (χ3n) is 4.16. The van der Waals surface area contributed by atoms with Crippen LogP contribution in [-0.2, 0) is 4.74 Å². The van der Waals surface area contributed by atoms with Crippen LogP contribution in [0, 0.1) is 5.92 Å². The second kappa shape index (κ2) is 6.27. The second-order valence-corrected chi connectivity index (χ2v) is 6.91. The van der Waals surface area contributed by atoms with Gasteiger partial charge in [-0.3, -0.25) is 0 Å². The average molecular weight is 309 g/mol. The molecule has 21 heavy (non-hydrogen) atoms. The summed E-state index contributed by atoms with van der Waals surface area (Å²) in [6.07, 6.45) is 6.08. The van der Waals surface area contributed by atoms with Crippen LogP contribution in [-0.4, -0.2) is 35.0 Å². The average Bonchev–Trinajstić information content (AvgIpc) is 3.20. The van der Waals surface area contributed by atoms with Gasteiger partial charge in [-0.2, -0.15) is 0 Å². The molecule has 0 aliphatic heterocycles. The van der Waals surface area contributed by atoms with Crippen LogP contribution >= 0.6 is 11.8 Å². The summed E-state index contributed by atoms with van der Waals surface area (Å²) < 4.78 is 5.40. The van der Waals surface area contributed by atoms with Crippen molar-refractivity contribution in [2.24, 2.45) is 5.92 Å². The molecule has 7 heteroatoms. The summed E-state index contributed by atoms with van der Waals surface area (Å²) in [5.74, 6) is 2.93. The van der Waals surface area contributed by atoms with Gasteiger partial charge in [0.05, 0.1) is 6.10 Å². The number of rotatable bonds is 6. The van der Waals surface area contributed by atoms with E-state index in [2.05, 4.69) is 15.3 Å². The van der Waals surface area contributed by atoms with Gasteiger partial charge >= 0.3 is 0 Å². The van der Waals surface area contributed by atoms with E-state index in [0.717, 1.165) is 36.1 Å². The third-order valence-corrected chi connectivity index (χ3v) is 5.24. The molecule has 0 saturated heterocycles. The largest absolute Gasteiger partial charge is 0.393 e. The summed E-state index contributed by atoms with van der Waals surface area (Å²) >= 11 is 1.67. The molecule has 116 valence electrons. The van der Waals surface area contributed by atoms with Crippen LogP contribution in [0.3, 0.4) is 0 Å². The first-order valence-corrected chi connectivity index (χ1v) is 8.49. The van der Waals surface area contributed by atoms with Crippen LogP contribution in [0.5, 0.6) is 0 Å². The van der Waals surface area contributed by atoms with Crippen molar-refractivity contribution in [2.75, 3.05) is 29.6 Å². The zero-order valence-electron chi connectivity index (χ0n) is 12.3. The number of hydrogen-bond acceptors (Lipinski definition) is 7. The Labute approximate surface area is 129 Å². The number of nitrogen functional groups attached to an aromatic ring is 2. The summed E-state index contributed by atoms with van der Waals surface area (Å²) in [5.41, 5.74) is 12.4. The number of nitrogens with zero attached hydrogens (tertiary/aromatic N) is 2. The number of hydrogen-bond donors (Lipinski definition) is 3. The molecule has 0 radical (unpaired) electrons. The predicted molar refractivity (Wildman–Crippen MR) is 86.4 cm³/mol. The van der Waals surface area contributed by atoms with E-state index in [1.54, 1.807) is 18.9 Å². The van der Waals surface area contributed by atoms with Crippen molar-refractivity contribution in [3.8, 4) is 0 Å². The van der Waals surface area contributed by atoms with Crippen molar-refractivity contribution < 1.29 is 4.74 Å². The number of aromatic nitrogens is 2. The van der Waals surface area contributed by atoms with Crippen molar-refractivity contribution in [1.82, 2.24) is 9.97 Å². The SMILES string of the molecule is COC1CCC(Nc2nc(SCC3CC3)nc(N)c2N)C1. The lowest BCUT2D eigenvalue weighted by molar-refractivity contribution is 0.108. The Balaban J connectivity index is 1.67. The van der Waals surface area contributed by atoms with Crippen LogP contribution < -0.4 is 16.8 Å².